The van der Waals surface area contributed by atoms with Crippen molar-refractivity contribution in [2.24, 2.45) is 0 Å². The van der Waals surface area contributed by atoms with Crippen molar-refractivity contribution in [3.8, 4) is 5.88 Å². The molecule has 2 rings (SSSR count). The van der Waals surface area contributed by atoms with Crippen LogP contribution >= 0.6 is 0 Å². The molecular formula is C15H16FN3O2. The molecule has 1 aromatic heterocycles. The second-order valence-electron chi connectivity index (χ2n) is 4.39. The minimum atomic E-state index is -0.289. The maximum Gasteiger partial charge on any atom is 0.222 e. The number of amides is 1. The molecule has 6 heteroatoms. The van der Waals surface area contributed by atoms with Crippen LogP contribution in [0.4, 0.5) is 15.9 Å². The van der Waals surface area contributed by atoms with Crippen molar-refractivity contribution in [3.63, 3.8) is 0 Å². The van der Waals surface area contributed by atoms with E-state index in [2.05, 4.69) is 15.6 Å². The first-order chi connectivity index (χ1) is 10.1. The van der Waals surface area contributed by atoms with Gasteiger partial charge in [-0.2, -0.15) is 4.98 Å². The van der Waals surface area contributed by atoms with Gasteiger partial charge in [0.15, 0.2) is 5.82 Å². The van der Waals surface area contributed by atoms with Crippen LogP contribution in [0.5, 0.6) is 5.88 Å². The Balaban J connectivity index is 2.09. The third-order valence-electron chi connectivity index (χ3n) is 2.73. The minimum Gasteiger partial charge on any atom is -0.473 e. The van der Waals surface area contributed by atoms with Gasteiger partial charge in [-0.3, -0.25) is 4.79 Å². The maximum absolute atomic E-state index is 12.8. The highest BCUT2D eigenvalue weighted by Gasteiger charge is 2.07. The Morgan fingerprint density at radius 2 is 1.95 bits per heavy atom. The third kappa shape index (κ3) is 4.17. The average Bonchev–Trinajstić information content (AvgIpc) is 2.46. The second kappa shape index (κ2) is 6.69. The molecule has 1 heterocycles. The molecule has 0 saturated heterocycles. The molecule has 0 saturated carbocycles. The number of rotatable bonds is 5. The van der Waals surface area contributed by atoms with Gasteiger partial charge >= 0.3 is 0 Å². The smallest absolute Gasteiger partial charge is 0.222 e. The molecular weight excluding hydrogens is 273 g/mol. The monoisotopic (exact) mass is 289 g/mol. The predicted octanol–water partition coefficient (Wildman–Crippen LogP) is 2.80. The largest absolute Gasteiger partial charge is 0.473 e. The Morgan fingerprint density at radius 3 is 2.57 bits per heavy atom. The number of aromatic nitrogens is 1. The molecule has 0 aliphatic carbocycles. The Morgan fingerprint density at radius 1 is 1.24 bits per heavy atom. The van der Waals surface area contributed by atoms with Crippen molar-refractivity contribution in [1.29, 1.82) is 0 Å². The van der Waals surface area contributed by atoms with E-state index in [-0.39, 0.29) is 18.3 Å². The van der Waals surface area contributed by atoms with Crippen molar-refractivity contribution in [3.05, 3.63) is 47.8 Å². The van der Waals surface area contributed by atoms with Gasteiger partial charge in [-0.15, -0.1) is 0 Å². The molecule has 5 nitrogen and oxygen atoms in total. The Bertz CT molecular complexity index is 629. The molecule has 110 valence electrons. The molecule has 2 N–H and O–H groups in total. The summed E-state index contributed by atoms with van der Waals surface area (Å²) in [7, 11) is 1.74. The van der Waals surface area contributed by atoms with Gasteiger partial charge < -0.3 is 15.4 Å². The van der Waals surface area contributed by atoms with Crippen molar-refractivity contribution in [1.82, 2.24) is 4.98 Å². The number of hydrogen-bond acceptors (Lipinski definition) is 4. The van der Waals surface area contributed by atoms with E-state index in [1.54, 1.807) is 31.3 Å². The summed E-state index contributed by atoms with van der Waals surface area (Å²) in [5.74, 6) is 0.279. The highest BCUT2D eigenvalue weighted by atomic mass is 19.1. The maximum atomic E-state index is 12.8. The van der Waals surface area contributed by atoms with Gasteiger partial charge in [-0.25, -0.2) is 4.39 Å². The molecule has 0 atom stereocenters. The lowest BCUT2D eigenvalue weighted by Gasteiger charge is -2.11. The summed E-state index contributed by atoms with van der Waals surface area (Å²) in [5.41, 5.74) is 1.52. The summed E-state index contributed by atoms with van der Waals surface area (Å²) in [6.07, 6.45) is 0. The Kier molecular flexibility index (Phi) is 4.71. The van der Waals surface area contributed by atoms with E-state index in [0.29, 0.717) is 17.4 Å². The van der Waals surface area contributed by atoms with Crippen LogP contribution < -0.4 is 15.4 Å². The summed E-state index contributed by atoms with van der Waals surface area (Å²) in [6, 6.07) is 9.49. The standard InChI is InChI=1S/C15H16FN3O2/c1-10(20)18-15-13(17-2)7-8-14(19-15)21-9-11-3-5-12(16)6-4-11/h3-8,17H,9H2,1-2H3,(H,18,19,20). The molecule has 0 aliphatic rings. The van der Waals surface area contributed by atoms with Gasteiger partial charge in [0.05, 0.1) is 5.69 Å². The SMILES string of the molecule is CNc1ccc(OCc2ccc(F)cc2)nc1NC(C)=O. The van der Waals surface area contributed by atoms with Crippen LogP contribution in [0.1, 0.15) is 12.5 Å². The molecule has 0 unspecified atom stereocenters. The van der Waals surface area contributed by atoms with E-state index < -0.39 is 0 Å². The number of halogens is 1. The molecule has 0 aliphatic heterocycles. The number of carbonyl (C=O) groups excluding carboxylic acids is 1. The van der Waals surface area contributed by atoms with Crippen LogP contribution in [0.25, 0.3) is 0 Å². The molecule has 1 aromatic carbocycles. The number of ether oxygens (including phenoxy) is 1. The first-order valence-electron chi connectivity index (χ1n) is 6.42. The first-order valence-corrected chi connectivity index (χ1v) is 6.42. The summed E-state index contributed by atoms with van der Waals surface area (Å²) in [5, 5.41) is 5.56. The summed E-state index contributed by atoms with van der Waals surface area (Å²) < 4.78 is 18.3. The predicted molar refractivity (Wildman–Crippen MR) is 78.8 cm³/mol. The molecule has 0 radical (unpaired) electrons. The highest BCUT2D eigenvalue weighted by molar-refractivity contribution is 5.91. The number of carbonyl (C=O) groups is 1. The van der Waals surface area contributed by atoms with Crippen LogP contribution in [-0.2, 0) is 11.4 Å². The zero-order valence-corrected chi connectivity index (χ0v) is 11.8. The van der Waals surface area contributed by atoms with Gasteiger partial charge in [0.2, 0.25) is 11.8 Å². The average molecular weight is 289 g/mol. The van der Waals surface area contributed by atoms with E-state index >= 15 is 0 Å². The molecule has 2 aromatic rings. The topological polar surface area (TPSA) is 63.2 Å². The lowest BCUT2D eigenvalue weighted by atomic mass is 10.2. The normalized spacial score (nSPS) is 10.0. The number of nitrogens with one attached hydrogen (secondary N) is 2. The van der Waals surface area contributed by atoms with Gasteiger partial charge in [-0.1, -0.05) is 12.1 Å². The van der Waals surface area contributed by atoms with E-state index in [9.17, 15) is 9.18 Å². The highest BCUT2D eigenvalue weighted by Crippen LogP contribution is 2.23. The van der Waals surface area contributed by atoms with Crippen molar-refractivity contribution < 1.29 is 13.9 Å². The molecule has 0 fully saturated rings. The van der Waals surface area contributed by atoms with E-state index in [1.807, 2.05) is 0 Å². The molecule has 0 spiro atoms. The molecule has 0 bridgehead atoms. The number of hydrogen-bond donors (Lipinski definition) is 2. The van der Waals surface area contributed by atoms with Gasteiger partial charge in [0.25, 0.3) is 0 Å². The third-order valence-corrected chi connectivity index (χ3v) is 2.73. The van der Waals surface area contributed by atoms with Crippen LogP contribution in [0.15, 0.2) is 36.4 Å². The van der Waals surface area contributed by atoms with Gasteiger partial charge in [0.1, 0.15) is 12.4 Å². The summed E-state index contributed by atoms with van der Waals surface area (Å²) in [6.45, 7) is 1.68. The second-order valence-corrected chi connectivity index (χ2v) is 4.39. The zero-order valence-electron chi connectivity index (χ0n) is 11.8. The fraction of sp³-hybridized carbons (Fsp3) is 0.200. The Hall–Kier alpha value is -2.63. The lowest BCUT2D eigenvalue weighted by molar-refractivity contribution is -0.114. The Labute approximate surface area is 122 Å². The summed E-state index contributed by atoms with van der Waals surface area (Å²) >= 11 is 0. The molecule has 1 amide bonds. The lowest BCUT2D eigenvalue weighted by Crippen LogP contribution is -2.10. The number of anilines is 2. The minimum absolute atomic E-state index is 0.213. The van der Waals surface area contributed by atoms with Crippen molar-refractivity contribution in [2.45, 2.75) is 13.5 Å². The fourth-order valence-electron chi connectivity index (χ4n) is 1.72. The van der Waals surface area contributed by atoms with Crippen molar-refractivity contribution in [2.75, 3.05) is 17.7 Å². The number of benzene rings is 1. The van der Waals surface area contributed by atoms with Gasteiger partial charge in [-0.05, 0) is 23.8 Å². The zero-order chi connectivity index (χ0) is 15.2. The van der Waals surface area contributed by atoms with E-state index in [0.717, 1.165) is 5.56 Å². The van der Waals surface area contributed by atoms with E-state index in [4.69, 9.17) is 4.74 Å². The van der Waals surface area contributed by atoms with Crippen LogP contribution in [0.2, 0.25) is 0 Å². The number of nitrogens with zero attached hydrogens (tertiary/aromatic N) is 1. The van der Waals surface area contributed by atoms with Crippen molar-refractivity contribution >= 4 is 17.4 Å². The van der Waals surface area contributed by atoms with Crippen LogP contribution in [0, 0.1) is 5.82 Å². The van der Waals surface area contributed by atoms with Crippen LogP contribution in [0.3, 0.4) is 0 Å². The van der Waals surface area contributed by atoms with Gasteiger partial charge in [0, 0.05) is 20.0 Å². The summed E-state index contributed by atoms with van der Waals surface area (Å²) in [4.78, 5) is 15.4. The first kappa shape index (κ1) is 14.8. The quantitative estimate of drug-likeness (QED) is 0.888. The van der Waals surface area contributed by atoms with E-state index in [1.165, 1.54) is 19.1 Å². The number of pyridine rings is 1. The molecule has 21 heavy (non-hydrogen) atoms. The fourth-order valence-corrected chi connectivity index (χ4v) is 1.72. The van der Waals surface area contributed by atoms with Crippen LogP contribution in [-0.4, -0.2) is 17.9 Å².